The van der Waals surface area contributed by atoms with Crippen molar-refractivity contribution in [2.24, 2.45) is 0 Å². The van der Waals surface area contributed by atoms with E-state index >= 15 is 0 Å². The standard InChI is InChI=1S/C19H23N5O11/c25-11(2-1-3-18(32)34-23-14(28)4-5-15(23)29)20-8-12(26)21-9-13(27)22-10-19(33)35-24-16(30)6-7-17(24)31/h1-10H2,(H,20,25)(H,21,26)(H,22,27). The molecule has 0 saturated carbocycles. The van der Waals surface area contributed by atoms with E-state index in [-0.39, 0.29) is 44.9 Å². The maximum Gasteiger partial charge on any atom is 0.352 e. The van der Waals surface area contributed by atoms with Crippen LogP contribution in [0.1, 0.15) is 44.9 Å². The lowest BCUT2D eigenvalue weighted by Gasteiger charge is -2.13. The minimum atomic E-state index is -1.05. The van der Waals surface area contributed by atoms with Gasteiger partial charge in [0.05, 0.1) is 13.1 Å². The van der Waals surface area contributed by atoms with Gasteiger partial charge < -0.3 is 25.6 Å². The second-order valence-corrected chi connectivity index (χ2v) is 7.27. The van der Waals surface area contributed by atoms with Crippen molar-refractivity contribution in [1.29, 1.82) is 0 Å². The van der Waals surface area contributed by atoms with Gasteiger partial charge in [-0.05, 0) is 6.42 Å². The summed E-state index contributed by atoms with van der Waals surface area (Å²) in [4.78, 5) is 113. The van der Waals surface area contributed by atoms with Crippen LogP contribution in [-0.2, 0) is 52.8 Å². The zero-order chi connectivity index (χ0) is 26.0. The van der Waals surface area contributed by atoms with Gasteiger partial charge in [0.2, 0.25) is 17.7 Å². The monoisotopic (exact) mass is 497 g/mol. The Labute approximate surface area is 197 Å². The number of hydrogen-bond acceptors (Lipinski definition) is 11. The molecule has 35 heavy (non-hydrogen) atoms. The summed E-state index contributed by atoms with van der Waals surface area (Å²) in [6, 6.07) is 0. The summed E-state index contributed by atoms with van der Waals surface area (Å²) < 4.78 is 0. The van der Waals surface area contributed by atoms with Crippen molar-refractivity contribution in [3.05, 3.63) is 0 Å². The minimum Gasteiger partial charge on any atom is -0.347 e. The topological polar surface area (TPSA) is 215 Å². The summed E-state index contributed by atoms with van der Waals surface area (Å²) in [5, 5.41) is 7.32. The Morgan fingerprint density at radius 1 is 0.571 bits per heavy atom. The number of nitrogens with one attached hydrogen (secondary N) is 3. The Morgan fingerprint density at radius 2 is 0.971 bits per heavy atom. The van der Waals surface area contributed by atoms with E-state index in [1.165, 1.54) is 0 Å². The first kappa shape index (κ1) is 26.9. The Hall–Kier alpha value is -4.37. The molecular formula is C19H23N5O11. The van der Waals surface area contributed by atoms with Gasteiger partial charge >= 0.3 is 11.9 Å². The number of hydroxylamine groups is 4. The number of carbonyl (C=O) groups is 9. The van der Waals surface area contributed by atoms with Crippen LogP contribution in [0.5, 0.6) is 0 Å². The van der Waals surface area contributed by atoms with Gasteiger partial charge in [0.25, 0.3) is 23.6 Å². The lowest BCUT2D eigenvalue weighted by atomic mass is 10.2. The molecule has 2 aliphatic heterocycles. The fourth-order valence-corrected chi connectivity index (χ4v) is 2.73. The SMILES string of the molecule is O=C(CCCC(=O)ON1C(=O)CCC1=O)NCC(=O)NCC(=O)NCC(=O)ON1C(=O)CCC1=O. The zero-order valence-electron chi connectivity index (χ0n) is 18.5. The summed E-state index contributed by atoms with van der Waals surface area (Å²) in [6.07, 6.45) is -0.557. The first-order chi connectivity index (χ1) is 16.6. The maximum absolute atomic E-state index is 11.7. The highest BCUT2D eigenvalue weighted by molar-refractivity contribution is 6.02. The van der Waals surface area contributed by atoms with Gasteiger partial charge in [0.15, 0.2) is 0 Å². The fraction of sp³-hybridized carbons (Fsp3) is 0.526. The number of nitrogens with zero attached hydrogens (tertiary/aromatic N) is 2. The van der Waals surface area contributed by atoms with Gasteiger partial charge in [-0.25, -0.2) is 9.59 Å². The van der Waals surface area contributed by atoms with E-state index in [4.69, 9.17) is 0 Å². The molecule has 2 rings (SSSR count). The third kappa shape index (κ3) is 8.82. The number of imide groups is 2. The Morgan fingerprint density at radius 3 is 1.46 bits per heavy atom. The lowest BCUT2D eigenvalue weighted by Crippen LogP contribution is -2.44. The van der Waals surface area contributed by atoms with Crippen molar-refractivity contribution in [1.82, 2.24) is 26.1 Å². The molecule has 2 aliphatic rings. The number of hydrogen-bond donors (Lipinski definition) is 3. The van der Waals surface area contributed by atoms with Crippen LogP contribution < -0.4 is 16.0 Å². The van der Waals surface area contributed by atoms with Gasteiger partial charge in [-0.15, -0.1) is 10.1 Å². The molecule has 0 atom stereocenters. The van der Waals surface area contributed by atoms with Crippen LogP contribution in [0.2, 0.25) is 0 Å². The van der Waals surface area contributed by atoms with Crippen molar-refractivity contribution in [3.63, 3.8) is 0 Å². The normalized spacial score (nSPS) is 15.2. The highest BCUT2D eigenvalue weighted by Crippen LogP contribution is 2.13. The van der Waals surface area contributed by atoms with Crippen LogP contribution in [0.25, 0.3) is 0 Å². The molecule has 16 heteroatoms. The van der Waals surface area contributed by atoms with Gasteiger partial charge in [-0.2, -0.15) is 0 Å². The van der Waals surface area contributed by atoms with E-state index in [0.717, 1.165) is 0 Å². The number of carbonyl (C=O) groups excluding carboxylic acids is 9. The molecule has 0 unspecified atom stereocenters. The highest BCUT2D eigenvalue weighted by Gasteiger charge is 2.33. The zero-order valence-corrected chi connectivity index (χ0v) is 18.5. The minimum absolute atomic E-state index is 0.0339. The van der Waals surface area contributed by atoms with Crippen LogP contribution in [-0.4, -0.2) is 83.0 Å². The van der Waals surface area contributed by atoms with E-state index in [2.05, 4.69) is 25.6 Å². The van der Waals surface area contributed by atoms with E-state index in [0.29, 0.717) is 10.1 Å². The van der Waals surface area contributed by atoms with E-state index in [9.17, 15) is 43.2 Å². The molecule has 0 aromatic rings. The van der Waals surface area contributed by atoms with Crippen molar-refractivity contribution in [2.75, 3.05) is 19.6 Å². The van der Waals surface area contributed by atoms with Crippen LogP contribution in [0.4, 0.5) is 0 Å². The summed E-state index contributed by atoms with van der Waals surface area (Å²) in [6.45, 7) is -1.64. The average molecular weight is 497 g/mol. The molecule has 2 heterocycles. The predicted molar refractivity (Wildman–Crippen MR) is 107 cm³/mol. The molecule has 0 bridgehead atoms. The number of rotatable bonds is 12. The molecule has 0 aromatic carbocycles. The quantitative estimate of drug-likeness (QED) is 0.227. The van der Waals surface area contributed by atoms with Gasteiger partial charge in [-0.1, -0.05) is 0 Å². The molecule has 3 N–H and O–H groups in total. The molecule has 190 valence electrons. The Bertz CT molecular complexity index is 915. The molecule has 2 fully saturated rings. The van der Waals surface area contributed by atoms with E-state index in [1.807, 2.05) is 0 Å². The van der Waals surface area contributed by atoms with Crippen LogP contribution in [0.15, 0.2) is 0 Å². The Balaban J connectivity index is 1.52. The van der Waals surface area contributed by atoms with Crippen molar-refractivity contribution >= 4 is 53.3 Å². The molecular weight excluding hydrogens is 474 g/mol. The largest absolute Gasteiger partial charge is 0.352 e. The summed E-state index contributed by atoms with van der Waals surface area (Å²) in [5.74, 6) is -6.52. The highest BCUT2D eigenvalue weighted by atomic mass is 16.7. The molecule has 0 radical (unpaired) electrons. The average Bonchev–Trinajstić information content (AvgIpc) is 3.30. The maximum atomic E-state index is 11.7. The van der Waals surface area contributed by atoms with Gasteiger partial charge in [-0.3, -0.25) is 33.6 Å². The van der Waals surface area contributed by atoms with Crippen LogP contribution in [0, 0.1) is 0 Å². The van der Waals surface area contributed by atoms with Gasteiger partial charge in [0, 0.05) is 38.5 Å². The molecule has 7 amide bonds. The molecule has 0 aliphatic carbocycles. The molecule has 0 spiro atoms. The Kier molecular flexibility index (Phi) is 9.80. The third-order valence-corrected chi connectivity index (χ3v) is 4.50. The van der Waals surface area contributed by atoms with Crippen molar-refractivity contribution < 1.29 is 52.8 Å². The summed E-state index contributed by atoms with van der Waals surface area (Å²) in [7, 11) is 0. The fourth-order valence-electron chi connectivity index (χ4n) is 2.73. The van der Waals surface area contributed by atoms with Crippen LogP contribution >= 0.6 is 0 Å². The van der Waals surface area contributed by atoms with E-state index < -0.39 is 72.9 Å². The van der Waals surface area contributed by atoms with Crippen LogP contribution in [0.3, 0.4) is 0 Å². The molecule has 0 aromatic heterocycles. The van der Waals surface area contributed by atoms with Gasteiger partial charge in [0.1, 0.15) is 6.54 Å². The second kappa shape index (κ2) is 12.8. The van der Waals surface area contributed by atoms with Crippen molar-refractivity contribution in [3.8, 4) is 0 Å². The molecule has 16 nitrogen and oxygen atoms in total. The van der Waals surface area contributed by atoms with E-state index in [1.54, 1.807) is 0 Å². The first-order valence-corrected chi connectivity index (χ1v) is 10.5. The second-order valence-electron chi connectivity index (χ2n) is 7.27. The third-order valence-electron chi connectivity index (χ3n) is 4.50. The summed E-state index contributed by atoms with van der Waals surface area (Å²) >= 11 is 0. The smallest absolute Gasteiger partial charge is 0.347 e. The predicted octanol–water partition coefficient (Wildman–Crippen LogP) is -3.28. The number of amides is 7. The molecule has 2 saturated heterocycles. The van der Waals surface area contributed by atoms with Crippen molar-refractivity contribution in [2.45, 2.75) is 44.9 Å². The first-order valence-electron chi connectivity index (χ1n) is 10.5. The lowest BCUT2D eigenvalue weighted by molar-refractivity contribution is -0.197. The summed E-state index contributed by atoms with van der Waals surface area (Å²) in [5.41, 5.74) is 0.